The quantitative estimate of drug-likeness (QED) is 0.657. The van der Waals surface area contributed by atoms with Gasteiger partial charge in [0.2, 0.25) is 0 Å². The first-order valence-electron chi connectivity index (χ1n) is 4.43. The number of allylic oxidation sites excluding steroid dienone is 7. The van der Waals surface area contributed by atoms with Crippen LogP contribution < -0.4 is 0 Å². The monoisotopic (exact) mass is 192 g/mol. The minimum atomic E-state index is -1.21. The molecule has 0 heterocycles. The summed E-state index contributed by atoms with van der Waals surface area (Å²) in [5.74, 6) is -0.125. The number of halogens is 1. The molecule has 0 N–H and O–H groups in total. The molecule has 1 aliphatic rings. The number of hydrogen-bond donors (Lipinski definition) is 0. The molecular weight excluding hydrogens is 179 g/mol. The fourth-order valence-corrected chi connectivity index (χ4v) is 1.20. The molecule has 0 saturated heterocycles. The maximum absolute atomic E-state index is 13.3. The predicted octanol–water partition coefficient (Wildman–Crippen LogP) is 2.91. The van der Waals surface area contributed by atoms with E-state index in [1.54, 1.807) is 12.2 Å². The van der Waals surface area contributed by atoms with Crippen molar-refractivity contribution in [2.24, 2.45) is 0 Å². The Morgan fingerprint density at radius 3 is 2.29 bits per heavy atom. The molecule has 74 valence electrons. The van der Waals surface area contributed by atoms with Crippen molar-refractivity contribution < 1.29 is 9.18 Å². The molecule has 1 rings (SSSR count). The fraction of sp³-hybridized carbons (Fsp3) is 0.250. The Morgan fingerprint density at radius 1 is 1.29 bits per heavy atom. The molecule has 1 aliphatic carbocycles. The highest BCUT2D eigenvalue weighted by atomic mass is 19.1. The third kappa shape index (κ3) is 2.52. The lowest BCUT2D eigenvalue weighted by Crippen LogP contribution is -1.97. The summed E-state index contributed by atoms with van der Waals surface area (Å²) in [5.41, 5.74) is 1.94. The van der Waals surface area contributed by atoms with Crippen LogP contribution in [-0.2, 0) is 4.79 Å². The largest absolute Gasteiger partial charge is 0.295 e. The second-order valence-corrected chi connectivity index (χ2v) is 3.36. The van der Waals surface area contributed by atoms with Crippen molar-refractivity contribution in [1.82, 2.24) is 0 Å². The van der Waals surface area contributed by atoms with Gasteiger partial charge in [0, 0.05) is 5.57 Å². The van der Waals surface area contributed by atoms with Gasteiger partial charge in [0.1, 0.15) is 6.17 Å². The average molecular weight is 192 g/mol. The molecule has 0 bridgehead atoms. The maximum atomic E-state index is 13.3. The number of carbonyl (C=O) groups excluding carboxylic acids is 1. The van der Waals surface area contributed by atoms with Crippen LogP contribution in [0.4, 0.5) is 4.39 Å². The molecule has 2 heteroatoms. The summed E-state index contributed by atoms with van der Waals surface area (Å²) in [6, 6.07) is 0. The van der Waals surface area contributed by atoms with E-state index in [0.29, 0.717) is 5.57 Å². The second kappa shape index (κ2) is 4.18. The van der Waals surface area contributed by atoms with Gasteiger partial charge in [-0.1, -0.05) is 24.3 Å². The standard InChI is InChI=1S/C12H13FO/c1-8(2)10-4-5-11(9(3)14)7-12(13)6-10/h4-7,12H,1H2,2-3H3. The SMILES string of the molecule is C=C(C)C1=CC(F)C=C(C(C)=O)C=C1. The summed E-state index contributed by atoms with van der Waals surface area (Å²) >= 11 is 0. The predicted molar refractivity (Wildman–Crippen MR) is 55.7 cm³/mol. The summed E-state index contributed by atoms with van der Waals surface area (Å²) < 4.78 is 13.3. The molecule has 1 atom stereocenters. The average Bonchev–Trinajstić information content (AvgIpc) is 2.26. The molecule has 0 aromatic rings. The molecule has 0 spiro atoms. The summed E-state index contributed by atoms with van der Waals surface area (Å²) in [4.78, 5) is 11.0. The van der Waals surface area contributed by atoms with Crippen LogP contribution in [0, 0.1) is 0 Å². The molecule has 1 unspecified atom stereocenters. The van der Waals surface area contributed by atoms with E-state index in [9.17, 15) is 9.18 Å². The molecule has 14 heavy (non-hydrogen) atoms. The molecule has 0 aromatic heterocycles. The van der Waals surface area contributed by atoms with Crippen molar-refractivity contribution in [3.8, 4) is 0 Å². The van der Waals surface area contributed by atoms with Crippen molar-refractivity contribution in [3.05, 3.63) is 47.6 Å². The number of alkyl halides is 1. The Kier molecular flexibility index (Phi) is 3.18. The first kappa shape index (κ1) is 10.6. The van der Waals surface area contributed by atoms with Crippen LogP contribution in [0.2, 0.25) is 0 Å². The van der Waals surface area contributed by atoms with Crippen LogP contribution in [0.25, 0.3) is 0 Å². The van der Waals surface area contributed by atoms with E-state index < -0.39 is 6.17 Å². The summed E-state index contributed by atoms with van der Waals surface area (Å²) in [6.45, 7) is 6.96. The summed E-state index contributed by atoms with van der Waals surface area (Å²) in [7, 11) is 0. The van der Waals surface area contributed by atoms with Gasteiger partial charge in [0.15, 0.2) is 5.78 Å². The molecule has 0 amide bonds. The van der Waals surface area contributed by atoms with Gasteiger partial charge in [-0.25, -0.2) is 4.39 Å². The lowest BCUT2D eigenvalue weighted by molar-refractivity contribution is -0.113. The van der Waals surface area contributed by atoms with Crippen LogP contribution in [0.3, 0.4) is 0 Å². The zero-order valence-electron chi connectivity index (χ0n) is 8.38. The van der Waals surface area contributed by atoms with Gasteiger partial charge < -0.3 is 0 Å². The third-order valence-electron chi connectivity index (χ3n) is 2.02. The molecular formula is C12H13FO. The van der Waals surface area contributed by atoms with Crippen LogP contribution >= 0.6 is 0 Å². The Balaban J connectivity index is 3.02. The molecule has 1 nitrogen and oxygen atoms in total. The topological polar surface area (TPSA) is 17.1 Å². The first-order valence-corrected chi connectivity index (χ1v) is 4.43. The van der Waals surface area contributed by atoms with Crippen molar-refractivity contribution in [3.63, 3.8) is 0 Å². The molecule has 0 aromatic carbocycles. The number of carbonyl (C=O) groups is 1. The third-order valence-corrected chi connectivity index (χ3v) is 2.02. The fourth-order valence-electron chi connectivity index (χ4n) is 1.20. The maximum Gasteiger partial charge on any atom is 0.159 e. The summed E-state index contributed by atoms with van der Waals surface area (Å²) in [5, 5.41) is 0. The zero-order valence-corrected chi connectivity index (χ0v) is 8.38. The van der Waals surface area contributed by atoms with Gasteiger partial charge >= 0.3 is 0 Å². The smallest absolute Gasteiger partial charge is 0.159 e. The van der Waals surface area contributed by atoms with Crippen molar-refractivity contribution in [2.45, 2.75) is 20.0 Å². The van der Waals surface area contributed by atoms with Crippen molar-refractivity contribution in [2.75, 3.05) is 0 Å². The molecule has 0 fully saturated rings. The Hall–Kier alpha value is -1.44. The number of ketones is 1. The van der Waals surface area contributed by atoms with Gasteiger partial charge in [-0.15, -0.1) is 0 Å². The van der Waals surface area contributed by atoms with E-state index in [-0.39, 0.29) is 5.78 Å². The highest BCUT2D eigenvalue weighted by molar-refractivity contribution is 5.96. The number of rotatable bonds is 2. The van der Waals surface area contributed by atoms with Gasteiger partial charge in [0.05, 0.1) is 0 Å². The molecule has 0 aliphatic heterocycles. The molecule has 0 saturated carbocycles. The van der Waals surface area contributed by atoms with E-state index in [1.807, 2.05) is 6.92 Å². The lowest BCUT2D eigenvalue weighted by Gasteiger charge is -1.99. The van der Waals surface area contributed by atoms with E-state index in [4.69, 9.17) is 0 Å². The van der Waals surface area contributed by atoms with Crippen LogP contribution in [0.1, 0.15) is 13.8 Å². The van der Waals surface area contributed by atoms with Crippen LogP contribution in [0.15, 0.2) is 47.6 Å². The van der Waals surface area contributed by atoms with Gasteiger partial charge in [0.25, 0.3) is 0 Å². The summed E-state index contributed by atoms with van der Waals surface area (Å²) in [6.07, 6.45) is 4.90. The molecule has 0 radical (unpaired) electrons. The zero-order chi connectivity index (χ0) is 10.7. The van der Waals surface area contributed by atoms with Crippen molar-refractivity contribution >= 4 is 5.78 Å². The van der Waals surface area contributed by atoms with E-state index >= 15 is 0 Å². The van der Waals surface area contributed by atoms with E-state index in [1.165, 1.54) is 19.1 Å². The van der Waals surface area contributed by atoms with Gasteiger partial charge in [-0.05, 0) is 31.6 Å². The Morgan fingerprint density at radius 2 is 1.79 bits per heavy atom. The van der Waals surface area contributed by atoms with Crippen LogP contribution in [0.5, 0.6) is 0 Å². The minimum absolute atomic E-state index is 0.125. The first-order chi connectivity index (χ1) is 6.50. The van der Waals surface area contributed by atoms with E-state index in [0.717, 1.165) is 11.1 Å². The van der Waals surface area contributed by atoms with E-state index in [2.05, 4.69) is 6.58 Å². The normalized spacial score (nSPS) is 20.9. The van der Waals surface area contributed by atoms with Crippen LogP contribution in [-0.4, -0.2) is 12.0 Å². The number of Topliss-reactive ketones (excluding diaryl/α,β-unsaturated/α-hetero) is 1. The van der Waals surface area contributed by atoms with Gasteiger partial charge in [-0.2, -0.15) is 0 Å². The Bertz CT molecular complexity index is 325. The van der Waals surface area contributed by atoms with Crippen molar-refractivity contribution in [1.29, 1.82) is 0 Å². The number of hydrogen-bond acceptors (Lipinski definition) is 1. The second-order valence-electron chi connectivity index (χ2n) is 3.36. The lowest BCUT2D eigenvalue weighted by atomic mass is 10.1. The minimum Gasteiger partial charge on any atom is -0.295 e. The highest BCUT2D eigenvalue weighted by Crippen LogP contribution is 2.18. The highest BCUT2D eigenvalue weighted by Gasteiger charge is 2.09. The van der Waals surface area contributed by atoms with Gasteiger partial charge in [-0.3, -0.25) is 4.79 Å². The Labute approximate surface area is 83.3 Å².